The van der Waals surface area contributed by atoms with Gasteiger partial charge in [0.2, 0.25) is 0 Å². The third kappa shape index (κ3) is 3.66. The molecule has 0 fully saturated rings. The van der Waals surface area contributed by atoms with Crippen molar-refractivity contribution in [3.8, 4) is 11.3 Å². The molecule has 0 saturated heterocycles. The standard InChI is InChI=1S/C17H15Cl2N3S/c1-2-8-22-16(14-9-12(18)5-6-15(14)19)11-23-17(22)21-13-4-3-7-20-10-13/h3-7,9-11H,2,8H2,1H3. The summed E-state index contributed by atoms with van der Waals surface area (Å²) in [5.41, 5.74) is 2.80. The Kier molecular flexibility index (Phi) is 5.16. The van der Waals surface area contributed by atoms with E-state index in [1.165, 1.54) is 0 Å². The summed E-state index contributed by atoms with van der Waals surface area (Å²) in [7, 11) is 0. The Morgan fingerprint density at radius 3 is 2.87 bits per heavy atom. The largest absolute Gasteiger partial charge is 0.316 e. The lowest BCUT2D eigenvalue weighted by Gasteiger charge is -2.09. The second-order valence-electron chi connectivity index (χ2n) is 5.00. The minimum atomic E-state index is 0.671. The third-order valence-corrected chi connectivity index (χ3v) is 4.75. The van der Waals surface area contributed by atoms with Crippen molar-refractivity contribution < 1.29 is 0 Å². The van der Waals surface area contributed by atoms with Crippen LogP contribution in [0.5, 0.6) is 0 Å². The number of aromatic nitrogens is 2. The Balaban J connectivity index is 2.16. The van der Waals surface area contributed by atoms with Crippen molar-refractivity contribution in [2.24, 2.45) is 4.99 Å². The van der Waals surface area contributed by atoms with Crippen LogP contribution in [0, 0.1) is 0 Å². The molecule has 2 aromatic heterocycles. The SMILES string of the molecule is CCCn1c(-c2cc(Cl)ccc2Cl)csc1=Nc1cccnc1. The fraction of sp³-hybridized carbons (Fsp3) is 0.176. The summed E-state index contributed by atoms with van der Waals surface area (Å²) in [6, 6.07) is 9.34. The molecule has 1 aromatic carbocycles. The highest BCUT2D eigenvalue weighted by Gasteiger charge is 2.11. The first-order valence-corrected chi connectivity index (χ1v) is 8.91. The number of hydrogen-bond donors (Lipinski definition) is 0. The number of nitrogens with zero attached hydrogens (tertiary/aromatic N) is 3. The van der Waals surface area contributed by atoms with Crippen LogP contribution in [0.4, 0.5) is 5.69 Å². The average molecular weight is 364 g/mol. The Hall–Kier alpha value is -1.62. The van der Waals surface area contributed by atoms with Gasteiger partial charge in [-0.15, -0.1) is 11.3 Å². The molecule has 3 rings (SSSR count). The molecular formula is C17H15Cl2N3S. The maximum absolute atomic E-state index is 6.36. The Labute approximate surface area is 148 Å². The maximum atomic E-state index is 6.36. The van der Waals surface area contributed by atoms with Crippen molar-refractivity contribution in [1.82, 2.24) is 9.55 Å². The summed E-state index contributed by atoms with van der Waals surface area (Å²) in [6.07, 6.45) is 4.49. The third-order valence-electron chi connectivity index (χ3n) is 3.32. The average Bonchev–Trinajstić information content (AvgIpc) is 2.94. The lowest BCUT2D eigenvalue weighted by molar-refractivity contribution is 0.667. The summed E-state index contributed by atoms with van der Waals surface area (Å²) in [5.74, 6) is 0. The van der Waals surface area contributed by atoms with Crippen molar-refractivity contribution in [3.05, 3.63) is 63.0 Å². The van der Waals surface area contributed by atoms with E-state index in [1.54, 1.807) is 29.8 Å². The molecule has 0 unspecified atom stereocenters. The van der Waals surface area contributed by atoms with Crippen molar-refractivity contribution in [3.63, 3.8) is 0 Å². The Bertz CT molecular complexity index is 869. The van der Waals surface area contributed by atoms with Crippen LogP contribution in [0.15, 0.2) is 53.1 Å². The van der Waals surface area contributed by atoms with Gasteiger partial charge in [0.05, 0.1) is 22.6 Å². The van der Waals surface area contributed by atoms with Crippen LogP contribution in [0.25, 0.3) is 11.3 Å². The minimum Gasteiger partial charge on any atom is -0.316 e. The van der Waals surface area contributed by atoms with Gasteiger partial charge in [-0.05, 0) is 36.8 Å². The van der Waals surface area contributed by atoms with E-state index < -0.39 is 0 Å². The van der Waals surface area contributed by atoms with E-state index >= 15 is 0 Å². The second-order valence-corrected chi connectivity index (χ2v) is 6.68. The molecule has 0 radical (unpaired) electrons. The van der Waals surface area contributed by atoms with Gasteiger partial charge in [0.15, 0.2) is 4.80 Å². The van der Waals surface area contributed by atoms with E-state index in [0.717, 1.165) is 34.7 Å². The fourth-order valence-corrected chi connectivity index (χ4v) is 3.63. The van der Waals surface area contributed by atoms with Crippen LogP contribution in [0.2, 0.25) is 10.0 Å². The molecule has 0 atom stereocenters. The summed E-state index contributed by atoms with van der Waals surface area (Å²) in [4.78, 5) is 9.73. The molecule has 6 heteroatoms. The van der Waals surface area contributed by atoms with Crippen LogP contribution in [0.3, 0.4) is 0 Å². The first-order chi connectivity index (χ1) is 11.2. The van der Waals surface area contributed by atoms with Gasteiger partial charge in [-0.25, -0.2) is 4.99 Å². The topological polar surface area (TPSA) is 30.2 Å². The highest BCUT2D eigenvalue weighted by Crippen LogP contribution is 2.31. The maximum Gasteiger partial charge on any atom is 0.190 e. The number of pyridine rings is 1. The molecule has 3 aromatic rings. The highest BCUT2D eigenvalue weighted by molar-refractivity contribution is 7.07. The number of benzene rings is 1. The molecule has 0 saturated carbocycles. The zero-order valence-electron chi connectivity index (χ0n) is 12.5. The molecule has 0 bridgehead atoms. The normalized spacial score (nSPS) is 11.9. The van der Waals surface area contributed by atoms with E-state index in [1.807, 2.05) is 24.3 Å². The fourth-order valence-electron chi connectivity index (χ4n) is 2.30. The first-order valence-electron chi connectivity index (χ1n) is 7.27. The van der Waals surface area contributed by atoms with Crippen LogP contribution >= 0.6 is 34.5 Å². The number of halogens is 2. The smallest absolute Gasteiger partial charge is 0.190 e. The van der Waals surface area contributed by atoms with Crippen LogP contribution in [-0.4, -0.2) is 9.55 Å². The zero-order chi connectivity index (χ0) is 16.2. The molecule has 0 aliphatic rings. The molecule has 3 nitrogen and oxygen atoms in total. The molecule has 0 N–H and O–H groups in total. The Morgan fingerprint density at radius 2 is 2.13 bits per heavy atom. The number of rotatable bonds is 4. The zero-order valence-corrected chi connectivity index (χ0v) is 14.9. The highest BCUT2D eigenvalue weighted by atomic mass is 35.5. The van der Waals surface area contributed by atoms with Gasteiger partial charge in [0.25, 0.3) is 0 Å². The van der Waals surface area contributed by atoms with Gasteiger partial charge < -0.3 is 4.57 Å². The van der Waals surface area contributed by atoms with Crippen molar-refractivity contribution >= 4 is 40.2 Å². The lowest BCUT2D eigenvalue weighted by Crippen LogP contribution is -2.15. The lowest BCUT2D eigenvalue weighted by atomic mass is 10.1. The van der Waals surface area contributed by atoms with E-state index in [2.05, 4.69) is 21.9 Å². The predicted octanol–water partition coefficient (Wildman–Crippen LogP) is 5.56. The number of hydrogen-bond acceptors (Lipinski definition) is 3. The van der Waals surface area contributed by atoms with E-state index in [-0.39, 0.29) is 0 Å². The summed E-state index contributed by atoms with van der Waals surface area (Å²) in [5, 5.41) is 3.43. The molecule has 0 spiro atoms. The van der Waals surface area contributed by atoms with E-state index in [9.17, 15) is 0 Å². The molecular weight excluding hydrogens is 349 g/mol. The molecule has 118 valence electrons. The van der Waals surface area contributed by atoms with Crippen molar-refractivity contribution in [2.75, 3.05) is 0 Å². The van der Waals surface area contributed by atoms with Gasteiger partial charge in [0, 0.05) is 28.7 Å². The van der Waals surface area contributed by atoms with Gasteiger partial charge in [-0.1, -0.05) is 30.1 Å². The Morgan fingerprint density at radius 1 is 1.26 bits per heavy atom. The van der Waals surface area contributed by atoms with Gasteiger partial charge in [-0.2, -0.15) is 0 Å². The summed E-state index contributed by atoms with van der Waals surface area (Å²) >= 11 is 14.1. The van der Waals surface area contributed by atoms with Gasteiger partial charge >= 0.3 is 0 Å². The number of thiazole rings is 1. The molecule has 0 amide bonds. The van der Waals surface area contributed by atoms with Gasteiger partial charge in [-0.3, -0.25) is 4.98 Å². The predicted molar refractivity (Wildman–Crippen MR) is 97.5 cm³/mol. The quantitative estimate of drug-likeness (QED) is 0.596. The summed E-state index contributed by atoms with van der Waals surface area (Å²) in [6.45, 7) is 3.00. The van der Waals surface area contributed by atoms with E-state index in [0.29, 0.717) is 10.0 Å². The molecule has 23 heavy (non-hydrogen) atoms. The van der Waals surface area contributed by atoms with Crippen molar-refractivity contribution in [2.45, 2.75) is 19.9 Å². The van der Waals surface area contributed by atoms with E-state index in [4.69, 9.17) is 28.2 Å². The molecule has 0 aliphatic carbocycles. The molecule has 0 aliphatic heterocycles. The second kappa shape index (κ2) is 7.30. The van der Waals surface area contributed by atoms with Crippen LogP contribution in [0.1, 0.15) is 13.3 Å². The summed E-state index contributed by atoms with van der Waals surface area (Å²) < 4.78 is 2.18. The minimum absolute atomic E-state index is 0.671. The van der Waals surface area contributed by atoms with Crippen LogP contribution in [-0.2, 0) is 6.54 Å². The molecule has 2 heterocycles. The first kappa shape index (κ1) is 16.2. The van der Waals surface area contributed by atoms with Crippen LogP contribution < -0.4 is 4.80 Å². The monoisotopic (exact) mass is 363 g/mol. The van der Waals surface area contributed by atoms with Crippen molar-refractivity contribution in [1.29, 1.82) is 0 Å². The van der Waals surface area contributed by atoms with Gasteiger partial charge in [0.1, 0.15) is 0 Å².